The maximum atomic E-state index is 13.1. The molecule has 57 heavy (non-hydrogen) atoms. The predicted molar refractivity (Wildman–Crippen MR) is 207 cm³/mol. The smallest absolute Gasteiger partial charge is 0.364 e. The molecule has 2 fully saturated rings. The lowest BCUT2D eigenvalue weighted by Gasteiger charge is -2.22. The van der Waals surface area contributed by atoms with Gasteiger partial charge in [0.1, 0.15) is 24.6 Å². The number of ether oxygens (including phenoxy) is 3. The van der Waals surface area contributed by atoms with E-state index < -0.39 is 66.8 Å². The second-order valence-corrected chi connectivity index (χ2v) is 18.5. The summed E-state index contributed by atoms with van der Waals surface area (Å²) in [6.07, 6.45) is -0.954. The van der Waals surface area contributed by atoms with E-state index in [1.807, 2.05) is 60.7 Å². The molecule has 0 amide bonds. The molecule has 4 aromatic carbocycles. The van der Waals surface area contributed by atoms with Crippen LogP contribution in [0.4, 0.5) is 5.82 Å². The molecule has 2 aliphatic rings. The van der Waals surface area contributed by atoms with Crippen molar-refractivity contribution < 1.29 is 55.7 Å². The minimum Gasteiger partial charge on any atom is -0.364 e. The highest BCUT2D eigenvalue weighted by Crippen LogP contribution is 2.68. The van der Waals surface area contributed by atoms with Crippen LogP contribution in [-0.4, -0.2) is 65.4 Å². The summed E-state index contributed by atoms with van der Waals surface area (Å²) in [5, 5.41) is 4.67. The number of fused-ring (bicyclic) bond motifs is 3. The third-order valence-electron chi connectivity index (χ3n) is 9.44. The van der Waals surface area contributed by atoms with Crippen LogP contribution >= 0.6 is 23.2 Å². The van der Waals surface area contributed by atoms with Crippen molar-refractivity contribution in [3.63, 3.8) is 0 Å². The first kappa shape index (κ1) is 39.6. The number of imidazole rings is 1. The van der Waals surface area contributed by atoms with Crippen LogP contribution in [0.3, 0.4) is 0 Å². The highest BCUT2D eigenvalue weighted by Gasteiger charge is 2.54. The van der Waals surface area contributed by atoms with Gasteiger partial charge in [0.15, 0.2) is 29.5 Å². The molecule has 298 valence electrons. The Morgan fingerprint density at radius 2 is 1.44 bits per heavy atom. The molecule has 6 aromatic rings. The molecule has 4 unspecified atom stereocenters. The van der Waals surface area contributed by atoms with Gasteiger partial charge in [-0.1, -0.05) is 103 Å². The summed E-state index contributed by atoms with van der Waals surface area (Å²) < 4.78 is 73.7. The van der Waals surface area contributed by atoms with Crippen LogP contribution in [0.2, 0.25) is 0 Å². The minimum absolute atomic E-state index is 0.350. The zero-order chi connectivity index (χ0) is 39.6. The van der Waals surface area contributed by atoms with Crippen molar-refractivity contribution >= 4 is 51.0 Å². The lowest BCUT2D eigenvalue weighted by Crippen LogP contribution is -2.31. The lowest BCUT2D eigenvalue weighted by molar-refractivity contribution is -0.151. The highest BCUT2D eigenvalue weighted by atomic mass is 31.3. The fourth-order valence-corrected chi connectivity index (χ4v) is 11.1. The Labute approximate surface area is 326 Å². The van der Waals surface area contributed by atoms with E-state index in [9.17, 15) is 28.4 Å². The van der Waals surface area contributed by atoms with Gasteiger partial charge in [-0.2, -0.15) is 4.31 Å². The largest absolute Gasteiger partial charge is 0.488 e. The summed E-state index contributed by atoms with van der Waals surface area (Å²) in [7, 11) is -16.0. The first-order valence-electron chi connectivity index (χ1n) is 17.9. The molecule has 4 heterocycles. The summed E-state index contributed by atoms with van der Waals surface area (Å²) in [5.41, 5.74) is 3.32. The van der Waals surface area contributed by atoms with Gasteiger partial charge in [0.25, 0.3) is 0 Å². The number of phosphoric ester groups is 1. The van der Waals surface area contributed by atoms with E-state index in [0.29, 0.717) is 47.3 Å². The Morgan fingerprint density at radius 1 is 0.737 bits per heavy atom. The summed E-state index contributed by atoms with van der Waals surface area (Å²) in [6, 6.07) is 31.5. The van der Waals surface area contributed by atoms with Crippen LogP contribution in [0, 0.1) is 0 Å². The Hall–Kier alpha value is -4.18. The summed E-state index contributed by atoms with van der Waals surface area (Å²) in [6.45, 7) is -0.197. The van der Waals surface area contributed by atoms with Gasteiger partial charge < -0.3 is 34.2 Å². The van der Waals surface area contributed by atoms with Crippen LogP contribution < -0.4 is 5.32 Å². The van der Waals surface area contributed by atoms with Gasteiger partial charge in [0.2, 0.25) is 0 Å². The predicted octanol–water partition coefficient (Wildman–Crippen LogP) is 6.87. The van der Waals surface area contributed by atoms with E-state index in [2.05, 4.69) is 28.9 Å². The topological polar surface area (TPSA) is 223 Å². The van der Waals surface area contributed by atoms with Crippen molar-refractivity contribution in [3.8, 4) is 0 Å². The highest BCUT2D eigenvalue weighted by molar-refractivity contribution is 7.68. The number of aromatic nitrogens is 4. The fourth-order valence-electron chi connectivity index (χ4n) is 6.94. The molecule has 17 nitrogen and oxygen atoms in total. The molecule has 2 aromatic heterocycles. The van der Waals surface area contributed by atoms with Crippen molar-refractivity contribution in [3.05, 3.63) is 132 Å². The molecule has 0 spiro atoms. The van der Waals surface area contributed by atoms with Crippen molar-refractivity contribution in [1.29, 1.82) is 0 Å². The molecule has 4 N–H and O–H groups in total. The van der Waals surface area contributed by atoms with E-state index in [1.165, 1.54) is 12.7 Å². The quantitative estimate of drug-likeness (QED) is 0.0730. The van der Waals surface area contributed by atoms with Gasteiger partial charge >= 0.3 is 23.2 Å². The van der Waals surface area contributed by atoms with E-state index in [4.69, 9.17) is 18.7 Å². The van der Waals surface area contributed by atoms with Gasteiger partial charge in [-0.25, -0.2) is 28.4 Å². The Kier molecular flexibility index (Phi) is 11.5. The Balaban J connectivity index is 0.966. The fraction of sp³-hybridized carbons (Fsp3) is 0.270. The van der Waals surface area contributed by atoms with E-state index in [1.54, 1.807) is 47.0 Å². The number of nitrogens with one attached hydrogen (secondary N) is 1. The minimum atomic E-state index is -5.65. The van der Waals surface area contributed by atoms with Crippen LogP contribution in [0.5, 0.6) is 0 Å². The number of rotatable bonds is 16. The van der Waals surface area contributed by atoms with Gasteiger partial charge in [0, 0.05) is 13.0 Å². The first-order valence-corrected chi connectivity index (χ1v) is 22.6. The number of anilines is 1. The van der Waals surface area contributed by atoms with Crippen molar-refractivity contribution in [2.45, 2.75) is 56.4 Å². The molecule has 20 heteroatoms. The lowest BCUT2D eigenvalue weighted by atomic mass is 10.1. The summed E-state index contributed by atoms with van der Waals surface area (Å²) >= 11 is 0. The molecule has 2 saturated heterocycles. The van der Waals surface area contributed by atoms with Crippen molar-refractivity contribution in [2.75, 3.05) is 11.9 Å². The van der Waals surface area contributed by atoms with Gasteiger partial charge in [-0.3, -0.25) is 13.7 Å². The number of nitrogens with zero attached hydrogens (tertiary/aromatic N) is 4. The third-order valence-corrected chi connectivity index (χ3v) is 14.2. The monoisotopic (exact) mass is 837 g/mol. The molecule has 0 radical (unpaired) electrons. The molecule has 2 aliphatic heterocycles. The Morgan fingerprint density at radius 3 is 2.23 bits per heavy atom. The number of phosphoric acid groups is 2. The van der Waals surface area contributed by atoms with E-state index in [-0.39, 0.29) is 0 Å². The zero-order valence-corrected chi connectivity index (χ0v) is 32.7. The molecular formula is C37H38N5O12P3. The second-order valence-electron chi connectivity index (χ2n) is 13.4. The maximum absolute atomic E-state index is 13.1. The average molecular weight is 838 g/mol. The first-order chi connectivity index (χ1) is 27.4. The average Bonchev–Trinajstić information content (AvgIpc) is 3.90. The number of hydrogen-bond donors (Lipinski definition) is 4. The van der Waals surface area contributed by atoms with E-state index >= 15 is 0 Å². The van der Waals surface area contributed by atoms with Gasteiger partial charge in [-0.15, -0.1) is 0 Å². The number of hydrogen-bond acceptors (Lipinski definition) is 13. The van der Waals surface area contributed by atoms with Crippen LogP contribution in [0.25, 0.3) is 21.9 Å². The summed E-state index contributed by atoms with van der Waals surface area (Å²) in [5.74, 6) is 0.486. The van der Waals surface area contributed by atoms with Gasteiger partial charge in [0.05, 0.1) is 19.1 Å². The van der Waals surface area contributed by atoms with Crippen molar-refractivity contribution in [1.82, 2.24) is 19.5 Å². The molecular weight excluding hydrogens is 799 g/mol. The molecule has 0 aliphatic carbocycles. The van der Waals surface area contributed by atoms with E-state index in [0.717, 1.165) is 16.5 Å². The second kappa shape index (κ2) is 16.6. The molecule has 8 rings (SSSR count). The normalized spacial score (nSPS) is 23.8. The van der Waals surface area contributed by atoms with Crippen LogP contribution in [-0.2, 0) is 60.2 Å². The molecule has 0 saturated carbocycles. The standard InChI is InChI=1S/C37H38N5O12P3/c43-55(44,22-28-16-9-15-27-14-7-8-17-29(27)28)53-57(47,48)54-56(45,46)49-21-30-33-34(52-31(51-33)19-18-25-10-3-1-4-11-25)37(50-30)42-24-41-32-35(39-23-40-36(32)42)38-20-26-12-5-2-6-13-26/h1-17,23-24,30-31,33-34,37H,18-22H2,(H,43,44)(H,45,46)(H,47,48)(H,38,39,40)/t30-,31?,33+,34+,37-/m1/s1. The Bertz CT molecular complexity index is 2490. The SMILES string of the molecule is O=P(O)(Cc1cccc2ccccc12)OP(=O)(O)OP(=O)(O)OC[C@H]1O[C@@H](n2cnc3c(NCc4ccccc4)ncnc32)[C@H]2OC(CCc3ccccc3)O[C@H]21. The third kappa shape index (κ3) is 9.42. The number of aryl methyl sites for hydroxylation is 1. The van der Waals surface area contributed by atoms with Crippen LogP contribution in [0.1, 0.15) is 29.3 Å². The number of benzene rings is 4. The maximum Gasteiger partial charge on any atom is 0.488 e. The van der Waals surface area contributed by atoms with Gasteiger partial charge in [-0.05, 0) is 33.9 Å². The molecule has 8 atom stereocenters. The van der Waals surface area contributed by atoms with Crippen molar-refractivity contribution in [2.24, 2.45) is 0 Å². The molecule has 0 bridgehead atoms. The summed E-state index contributed by atoms with van der Waals surface area (Å²) in [4.78, 5) is 44.8. The zero-order valence-electron chi connectivity index (χ0n) is 30.0. The van der Waals surface area contributed by atoms with Crippen LogP contribution in [0.15, 0.2) is 116 Å².